The fourth-order valence-electron chi connectivity index (χ4n) is 7.41. The Morgan fingerprint density at radius 2 is 0.632 bits per heavy atom. The molecule has 0 radical (unpaired) electrons. The first-order valence-corrected chi connectivity index (χ1v) is 16.8. The monoisotopic (exact) mass is 515 g/mol. The first kappa shape index (κ1) is 29.4. The Kier molecular flexibility index (Phi) is 13.8. The summed E-state index contributed by atoms with van der Waals surface area (Å²) in [5, 5.41) is 0. The van der Waals surface area contributed by atoms with Gasteiger partial charge in [0, 0.05) is 12.1 Å². The van der Waals surface area contributed by atoms with Crippen molar-refractivity contribution < 1.29 is 0 Å². The predicted molar refractivity (Wildman–Crippen MR) is 166 cm³/mol. The van der Waals surface area contributed by atoms with Crippen LogP contribution in [0, 0.1) is 0 Å². The van der Waals surface area contributed by atoms with Gasteiger partial charge < -0.3 is 0 Å². The Morgan fingerprint density at radius 1 is 0.368 bits per heavy atom. The van der Waals surface area contributed by atoms with Gasteiger partial charge in [0.2, 0.25) is 0 Å². The molecule has 4 rings (SSSR count). The van der Waals surface area contributed by atoms with Crippen molar-refractivity contribution in [2.24, 2.45) is 0 Å². The Hall–Kier alpha value is -1.60. The molecule has 0 N–H and O–H groups in total. The molecule has 0 atom stereocenters. The number of rotatable bonds is 5. The van der Waals surface area contributed by atoms with Gasteiger partial charge in [0.05, 0.1) is 6.04 Å². The summed E-state index contributed by atoms with van der Waals surface area (Å²) in [6, 6.07) is 24.9. The van der Waals surface area contributed by atoms with Gasteiger partial charge in [0.25, 0.3) is 0 Å². The van der Waals surface area contributed by atoms with Crippen LogP contribution in [0.25, 0.3) is 0 Å². The van der Waals surface area contributed by atoms with Crippen LogP contribution in [0.3, 0.4) is 0 Å². The Balaban J connectivity index is 1.68. The molecule has 2 aromatic rings. The van der Waals surface area contributed by atoms with Crippen molar-refractivity contribution in [2.45, 2.75) is 159 Å². The molecule has 0 amide bonds. The molecule has 2 aliphatic rings. The molecule has 1 nitrogen and oxygen atoms in total. The average Bonchev–Trinajstić information content (AvgIpc) is 2.94. The van der Waals surface area contributed by atoms with Crippen LogP contribution in [0.1, 0.15) is 158 Å². The molecule has 2 saturated carbocycles. The van der Waals surface area contributed by atoms with Crippen LogP contribution in [0.2, 0.25) is 0 Å². The van der Waals surface area contributed by atoms with Crippen molar-refractivity contribution in [3.05, 3.63) is 71.8 Å². The van der Waals surface area contributed by atoms with Crippen LogP contribution in [-0.4, -0.2) is 17.0 Å². The van der Waals surface area contributed by atoms with E-state index in [0.29, 0.717) is 18.1 Å². The normalized spacial score (nSPS) is 21.2. The molecule has 0 spiro atoms. The van der Waals surface area contributed by atoms with Gasteiger partial charge in [-0.1, -0.05) is 176 Å². The van der Waals surface area contributed by atoms with Crippen molar-refractivity contribution in [3.8, 4) is 0 Å². The quantitative estimate of drug-likeness (QED) is 0.383. The third kappa shape index (κ3) is 9.86. The van der Waals surface area contributed by atoms with Crippen LogP contribution in [0.15, 0.2) is 60.7 Å². The van der Waals surface area contributed by atoms with Crippen molar-refractivity contribution in [2.75, 3.05) is 0 Å². The summed E-state index contributed by atoms with van der Waals surface area (Å²) in [4.78, 5) is 3.11. The highest BCUT2D eigenvalue weighted by atomic mass is 15.2. The minimum absolute atomic E-state index is 0.369. The van der Waals surface area contributed by atoms with Gasteiger partial charge in [0.1, 0.15) is 0 Å². The van der Waals surface area contributed by atoms with Crippen LogP contribution >= 0.6 is 0 Å². The van der Waals surface area contributed by atoms with E-state index in [4.69, 9.17) is 0 Å². The van der Waals surface area contributed by atoms with E-state index in [9.17, 15) is 0 Å². The van der Waals surface area contributed by atoms with E-state index < -0.39 is 0 Å². The number of hydrogen-bond acceptors (Lipinski definition) is 1. The fraction of sp³-hybridized carbons (Fsp3) is 0.676. The molecule has 1 heteroatoms. The maximum absolute atomic E-state index is 3.11. The van der Waals surface area contributed by atoms with E-state index in [1.54, 1.807) is 0 Å². The smallest absolute Gasteiger partial charge is 0.0606 e. The summed E-state index contributed by atoms with van der Waals surface area (Å²) in [6.45, 7) is 0. The van der Waals surface area contributed by atoms with Crippen molar-refractivity contribution in [1.29, 1.82) is 0 Å². The second-order valence-electron chi connectivity index (χ2n) is 12.5. The first-order chi connectivity index (χ1) is 18.9. The van der Waals surface area contributed by atoms with Gasteiger partial charge >= 0.3 is 0 Å². The average molecular weight is 516 g/mol. The Morgan fingerprint density at radius 3 is 0.921 bits per heavy atom. The molecule has 0 aliphatic heterocycles. The molecule has 2 fully saturated rings. The largest absolute Gasteiger partial charge is 0.286 e. The van der Waals surface area contributed by atoms with Crippen molar-refractivity contribution in [3.63, 3.8) is 0 Å². The van der Waals surface area contributed by atoms with E-state index in [2.05, 4.69) is 65.6 Å². The lowest BCUT2D eigenvalue weighted by Crippen LogP contribution is -2.46. The SMILES string of the molecule is c1ccc(C(c2ccccc2)N(C2CCCCCCCCCCC2)C2CCCCCCCCCCC2)cc1. The number of hydrogen-bond donors (Lipinski definition) is 0. The molecule has 2 aliphatic carbocycles. The maximum atomic E-state index is 3.11. The molecule has 0 unspecified atom stereocenters. The van der Waals surface area contributed by atoms with Crippen LogP contribution in [0.4, 0.5) is 0 Å². The standard InChI is InChI=1S/C37H57N/c1-3-7-11-21-29-35(30-22-12-8-4-1)38(36-31-23-13-9-5-2-6-10-14-24-32-36)37(33-25-17-15-18-26-33)34-27-19-16-20-28-34/h15-20,25-28,35-37H,1-14,21-24,29-32H2. The van der Waals surface area contributed by atoms with E-state index in [0.717, 1.165) is 0 Å². The molecular formula is C37H57N. The van der Waals surface area contributed by atoms with Gasteiger partial charge in [-0.15, -0.1) is 0 Å². The van der Waals surface area contributed by atoms with E-state index in [1.807, 2.05) is 0 Å². The third-order valence-corrected chi connectivity index (χ3v) is 9.52. The summed E-state index contributed by atoms with van der Waals surface area (Å²) < 4.78 is 0. The zero-order valence-corrected chi connectivity index (χ0v) is 24.5. The van der Waals surface area contributed by atoms with Gasteiger partial charge in [-0.3, -0.25) is 4.90 Å². The molecule has 2 aromatic carbocycles. The second kappa shape index (κ2) is 17.9. The minimum atomic E-state index is 0.369. The van der Waals surface area contributed by atoms with Gasteiger partial charge in [0.15, 0.2) is 0 Å². The summed E-state index contributed by atoms with van der Waals surface area (Å²) in [6.07, 6.45) is 31.4. The summed E-state index contributed by atoms with van der Waals surface area (Å²) in [5.74, 6) is 0. The highest BCUT2D eigenvalue weighted by Crippen LogP contribution is 2.38. The molecule has 38 heavy (non-hydrogen) atoms. The van der Waals surface area contributed by atoms with Crippen LogP contribution in [-0.2, 0) is 0 Å². The number of benzene rings is 2. The molecule has 0 heterocycles. The minimum Gasteiger partial charge on any atom is -0.286 e. The topological polar surface area (TPSA) is 3.24 Å². The second-order valence-corrected chi connectivity index (χ2v) is 12.5. The van der Waals surface area contributed by atoms with Gasteiger partial charge in [-0.05, 0) is 36.8 Å². The highest BCUT2D eigenvalue weighted by Gasteiger charge is 2.34. The molecule has 0 saturated heterocycles. The van der Waals surface area contributed by atoms with Crippen molar-refractivity contribution >= 4 is 0 Å². The van der Waals surface area contributed by atoms with Gasteiger partial charge in [-0.2, -0.15) is 0 Å². The lowest BCUT2D eigenvalue weighted by atomic mass is 9.87. The summed E-state index contributed by atoms with van der Waals surface area (Å²) in [7, 11) is 0. The Labute approximate surface area is 235 Å². The summed E-state index contributed by atoms with van der Waals surface area (Å²) in [5.41, 5.74) is 2.99. The maximum Gasteiger partial charge on any atom is 0.0606 e. The van der Waals surface area contributed by atoms with Crippen LogP contribution in [0.5, 0.6) is 0 Å². The zero-order valence-electron chi connectivity index (χ0n) is 24.5. The van der Waals surface area contributed by atoms with Gasteiger partial charge in [-0.25, -0.2) is 0 Å². The van der Waals surface area contributed by atoms with E-state index in [1.165, 1.54) is 152 Å². The molecule has 210 valence electrons. The van der Waals surface area contributed by atoms with Crippen molar-refractivity contribution in [1.82, 2.24) is 4.90 Å². The highest BCUT2D eigenvalue weighted by molar-refractivity contribution is 5.32. The Bertz CT molecular complexity index is 737. The third-order valence-electron chi connectivity index (χ3n) is 9.52. The number of nitrogens with zero attached hydrogens (tertiary/aromatic N) is 1. The lowest BCUT2D eigenvalue weighted by molar-refractivity contribution is 0.0664. The summed E-state index contributed by atoms with van der Waals surface area (Å²) >= 11 is 0. The van der Waals surface area contributed by atoms with Crippen LogP contribution < -0.4 is 0 Å². The van der Waals surface area contributed by atoms with E-state index in [-0.39, 0.29) is 0 Å². The predicted octanol–water partition coefficient (Wildman–Crippen LogP) is 11.4. The fourth-order valence-corrected chi connectivity index (χ4v) is 7.41. The molecular weight excluding hydrogens is 458 g/mol. The lowest BCUT2D eigenvalue weighted by Gasteiger charge is -2.45. The zero-order chi connectivity index (χ0) is 26.1. The molecule has 0 bridgehead atoms. The first-order valence-electron chi connectivity index (χ1n) is 16.8. The molecule has 0 aromatic heterocycles. The van der Waals surface area contributed by atoms with E-state index >= 15 is 0 Å².